The maximum atomic E-state index is 13.7. The smallest absolute Gasteiger partial charge is 0.265 e. The van der Waals surface area contributed by atoms with Gasteiger partial charge in [-0.1, -0.05) is 53.5 Å². The number of hydrogen-bond donors (Lipinski definition) is 1. The van der Waals surface area contributed by atoms with Crippen molar-refractivity contribution in [2.45, 2.75) is 19.0 Å². The molecule has 1 N–H and O–H groups in total. The van der Waals surface area contributed by atoms with Crippen molar-refractivity contribution in [1.29, 1.82) is 5.26 Å². The number of morpholine rings is 1. The SMILES string of the molecule is CC(C(=O)NC(CN1CCOCC1)c1cccc(-c2ccc(C#N)cc2)c1)N1C(=O)COc2cc(Cl)c(Cl)cc21. The molecule has 2 amide bonds. The second kappa shape index (κ2) is 12.3. The molecule has 0 spiro atoms. The monoisotopic (exact) mass is 578 g/mol. The third-order valence-corrected chi connectivity index (χ3v) is 7.87. The summed E-state index contributed by atoms with van der Waals surface area (Å²) < 4.78 is 11.1. The Balaban J connectivity index is 1.42. The molecular formula is C30H28Cl2N4O4. The van der Waals surface area contributed by atoms with Gasteiger partial charge in [0.05, 0.1) is 46.6 Å². The van der Waals surface area contributed by atoms with Crippen molar-refractivity contribution in [2.75, 3.05) is 44.4 Å². The average molecular weight is 579 g/mol. The van der Waals surface area contributed by atoms with E-state index in [1.165, 1.54) is 4.90 Å². The van der Waals surface area contributed by atoms with Crippen molar-refractivity contribution in [3.8, 4) is 22.9 Å². The van der Waals surface area contributed by atoms with Crippen LogP contribution in [0.2, 0.25) is 10.0 Å². The van der Waals surface area contributed by atoms with Crippen LogP contribution in [0.15, 0.2) is 60.7 Å². The van der Waals surface area contributed by atoms with Gasteiger partial charge < -0.3 is 14.8 Å². The lowest BCUT2D eigenvalue weighted by atomic mass is 9.98. The molecule has 8 nitrogen and oxygen atoms in total. The number of nitrogens with zero attached hydrogens (tertiary/aromatic N) is 3. The molecule has 3 aromatic carbocycles. The lowest BCUT2D eigenvalue weighted by Gasteiger charge is -2.35. The molecule has 10 heteroatoms. The predicted molar refractivity (Wildman–Crippen MR) is 154 cm³/mol. The van der Waals surface area contributed by atoms with Crippen molar-refractivity contribution >= 4 is 40.7 Å². The topological polar surface area (TPSA) is 94.9 Å². The third-order valence-electron chi connectivity index (χ3n) is 7.15. The van der Waals surface area contributed by atoms with Crippen LogP contribution in [0.5, 0.6) is 5.75 Å². The number of fused-ring (bicyclic) bond motifs is 1. The normalized spacial score (nSPS) is 16.9. The van der Waals surface area contributed by atoms with Gasteiger partial charge in [-0.05, 0) is 47.9 Å². The minimum Gasteiger partial charge on any atom is -0.482 e. The van der Waals surface area contributed by atoms with Gasteiger partial charge in [0.2, 0.25) is 5.91 Å². The molecule has 0 aromatic heterocycles. The Kier molecular flexibility index (Phi) is 8.57. The molecule has 40 heavy (non-hydrogen) atoms. The molecule has 0 bridgehead atoms. The summed E-state index contributed by atoms with van der Waals surface area (Å²) in [6.45, 7) is 4.83. The summed E-state index contributed by atoms with van der Waals surface area (Å²) in [6, 6.07) is 19.4. The van der Waals surface area contributed by atoms with E-state index in [9.17, 15) is 9.59 Å². The van der Waals surface area contributed by atoms with E-state index >= 15 is 0 Å². The number of ether oxygens (including phenoxy) is 2. The van der Waals surface area contributed by atoms with E-state index in [4.69, 9.17) is 37.9 Å². The summed E-state index contributed by atoms with van der Waals surface area (Å²) in [5, 5.41) is 12.9. The number of hydrogen-bond acceptors (Lipinski definition) is 6. The fourth-order valence-corrected chi connectivity index (χ4v) is 5.26. The maximum absolute atomic E-state index is 13.7. The van der Waals surface area contributed by atoms with Gasteiger partial charge in [0.15, 0.2) is 6.61 Å². The van der Waals surface area contributed by atoms with Crippen LogP contribution >= 0.6 is 23.2 Å². The van der Waals surface area contributed by atoms with Crippen LogP contribution in [0.4, 0.5) is 5.69 Å². The molecule has 1 saturated heterocycles. The number of nitrogens with one attached hydrogen (secondary N) is 1. The second-order valence-corrected chi connectivity index (χ2v) is 10.6. The molecule has 2 unspecified atom stereocenters. The van der Waals surface area contributed by atoms with Crippen molar-refractivity contribution < 1.29 is 19.1 Å². The molecule has 0 saturated carbocycles. The lowest BCUT2D eigenvalue weighted by molar-refractivity contribution is -0.128. The van der Waals surface area contributed by atoms with Crippen molar-refractivity contribution in [3.05, 3.63) is 81.8 Å². The first-order valence-corrected chi connectivity index (χ1v) is 13.7. The highest BCUT2D eigenvalue weighted by Crippen LogP contribution is 2.39. The average Bonchev–Trinajstić information content (AvgIpc) is 2.98. The summed E-state index contributed by atoms with van der Waals surface area (Å²) in [7, 11) is 0. The Morgan fingerprint density at radius 3 is 2.50 bits per heavy atom. The molecule has 2 heterocycles. The second-order valence-electron chi connectivity index (χ2n) is 9.75. The number of halogens is 2. The Bertz CT molecular complexity index is 1450. The van der Waals surface area contributed by atoms with E-state index in [-0.39, 0.29) is 29.5 Å². The third kappa shape index (κ3) is 6.08. The highest BCUT2D eigenvalue weighted by atomic mass is 35.5. The summed E-state index contributed by atoms with van der Waals surface area (Å²) in [5.74, 6) is -0.260. The van der Waals surface area contributed by atoms with E-state index in [0.29, 0.717) is 41.8 Å². The van der Waals surface area contributed by atoms with Crippen LogP contribution in [0, 0.1) is 11.3 Å². The molecule has 5 rings (SSSR count). The summed E-state index contributed by atoms with van der Waals surface area (Å²) in [6.07, 6.45) is 0. The number of rotatable bonds is 7. The number of carbonyl (C=O) groups is 2. The number of anilines is 1. The molecule has 1 fully saturated rings. The Labute approximate surface area is 243 Å². The molecule has 2 aliphatic heterocycles. The fraction of sp³-hybridized carbons (Fsp3) is 0.300. The molecule has 0 radical (unpaired) electrons. The first-order chi connectivity index (χ1) is 19.3. The number of nitriles is 1. The molecule has 0 aliphatic carbocycles. The fourth-order valence-electron chi connectivity index (χ4n) is 4.95. The molecule has 2 atom stereocenters. The molecule has 206 valence electrons. The van der Waals surface area contributed by atoms with E-state index in [0.717, 1.165) is 29.8 Å². The first-order valence-electron chi connectivity index (χ1n) is 13.0. The summed E-state index contributed by atoms with van der Waals surface area (Å²) in [5.41, 5.74) is 3.87. The number of benzene rings is 3. The van der Waals surface area contributed by atoms with Crippen LogP contribution < -0.4 is 15.0 Å². The Hall–Kier alpha value is -3.61. The van der Waals surface area contributed by atoms with E-state index < -0.39 is 6.04 Å². The van der Waals surface area contributed by atoms with Crippen LogP contribution in [0.3, 0.4) is 0 Å². The first kappa shape index (κ1) is 27.9. The van der Waals surface area contributed by atoms with Gasteiger partial charge in [-0.2, -0.15) is 5.26 Å². The number of amides is 2. The summed E-state index contributed by atoms with van der Waals surface area (Å²) >= 11 is 12.4. The van der Waals surface area contributed by atoms with Gasteiger partial charge >= 0.3 is 0 Å². The van der Waals surface area contributed by atoms with E-state index in [1.54, 1.807) is 31.2 Å². The van der Waals surface area contributed by atoms with E-state index in [2.05, 4.69) is 22.4 Å². The van der Waals surface area contributed by atoms with Gasteiger partial charge in [0.25, 0.3) is 5.91 Å². The van der Waals surface area contributed by atoms with Crippen molar-refractivity contribution in [1.82, 2.24) is 10.2 Å². The Morgan fingerprint density at radius 1 is 1.05 bits per heavy atom. The zero-order chi connectivity index (χ0) is 28.2. The van der Waals surface area contributed by atoms with Crippen LogP contribution in [0.1, 0.15) is 24.1 Å². The van der Waals surface area contributed by atoms with Crippen molar-refractivity contribution in [2.24, 2.45) is 0 Å². The largest absolute Gasteiger partial charge is 0.482 e. The molecular weight excluding hydrogens is 551 g/mol. The van der Waals surface area contributed by atoms with Gasteiger partial charge in [-0.3, -0.25) is 19.4 Å². The maximum Gasteiger partial charge on any atom is 0.265 e. The Morgan fingerprint density at radius 2 is 1.77 bits per heavy atom. The molecule has 2 aliphatic rings. The zero-order valence-corrected chi connectivity index (χ0v) is 23.4. The van der Waals surface area contributed by atoms with Gasteiger partial charge in [0.1, 0.15) is 11.8 Å². The van der Waals surface area contributed by atoms with Gasteiger partial charge in [-0.15, -0.1) is 0 Å². The molecule has 3 aromatic rings. The highest BCUT2D eigenvalue weighted by molar-refractivity contribution is 6.42. The minimum absolute atomic E-state index is 0.202. The number of carbonyl (C=O) groups excluding carboxylic acids is 2. The lowest BCUT2D eigenvalue weighted by Crippen LogP contribution is -2.53. The zero-order valence-electron chi connectivity index (χ0n) is 21.9. The predicted octanol–water partition coefficient (Wildman–Crippen LogP) is 4.84. The standard InChI is InChI=1S/C30H28Cl2N4O4/c1-19(36-27-14-24(31)25(32)15-28(27)40-18-29(36)37)30(38)34-26(17-35-9-11-39-12-10-35)23-4-2-3-22(13-23)21-7-5-20(16-33)6-8-21/h2-8,13-15,19,26H,9-12,17-18H2,1H3,(H,34,38). The van der Waals surface area contributed by atoms with Gasteiger partial charge in [0, 0.05) is 25.7 Å². The highest BCUT2D eigenvalue weighted by Gasteiger charge is 2.35. The quantitative estimate of drug-likeness (QED) is 0.431. The minimum atomic E-state index is -0.832. The van der Waals surface area contributed by atoms with Crippen molar-refractivity contribution in [3.63, 3.8) is 0 Å². The van der Waals surface area contributed by atoms with E-state index in [1.807, 2.05) is 30.3 Å². The summed E-state index contributed by atoms with van der Waals surface area (Å²) in [4.78, 5) is 30.3. The van der Waals surface area contributed by atoms with Crippen LogP contribution in [0.25, 0.3) is 11.1 Å². The van der Waals surface area contributed by atoms with Crippen LogP contribution in [-0.2, 0) is 14.3 Å². The van der Waals surface area contributed by atoms with Crippen LogP contribution in [-0.4, -0.2) is 62.2 Å². The van der Waals surface area contributed by atoms with Gasteiger partial charge in [-0.25, -0.2) is 0 Å².